The first kappa shape index (κ1) is 19.1. The molecule has 2 aromatic carbocycles. The third-order valence-corrected chi connectivity index (χ3v) is 5.46. The van der Waals surface area contributed by atoms with Crippen molar-refractivity contribution in [2.45, 2.75) is 25.5 Å². The van der Waals surface area contributed by atoms with Crippen molar-refractivity contribution in [3.63, 3.8) is 0 Å². The van der Waals surface area contributed by atoms with Crippen molar-refractivity contribution in [3.05, 3.63) is 59.4 Å². The number of carbonyl (C=O) groups excluding carboxylic acids is 2. The highest BCUT2D eigenvalue weighted by Crippen LogP contribution is 2.26. The number of para-hydroxylation sites is 2. The number of aromatic nitrogens is 1. The predicted molar refractivity (Wildman–Crippen MR) is 110 cm³/mol. The van der Waals surface area contributed by atoms with Crippen molar-refractivity contribution in [1.29, 1.82) is 0 Å². The van der Waals surface area contributed by atoms with Crippen LogP contribution in [-0.2, 0) is 16.0 Å². The molecule has 148 valence electrons. The summed E-state index contributed by atoms with van der Waals surface area (Å²) in [6, 6.07) is 11.3. The summed E-state index contributed by atoms with van der Waals surface area (Å²) in [6.45, 7) is 4.00. The maximum atomic E-state index is 12.2. The van der Waals surface area contributed by atoms with E-state index in [1.54, 1.807) is 6.26 Å². The maximum Gasteiger partial charge on any atom is 0.257 e. The highest BCUT2D eigenvalue weighted by Gasteiger charge is 2.14. The van der Waals surface area contributed by atoms with E-state index in [2.05, 4.69) is 15.8 Å². The molecule has 7 nitrogen and oxygen atoms in total. The number of fused-ring (bicyclic) bond motifs is 2. The standard InChI is InChI=1S/C21H19N3O4S/c1-12-7-8-15-14(10-27-20(15)13(12)2)9-18(25)23-24-19(26)11-29-21-22-16-5-3-4-6-17(16)28-21/h3-8,10H,9,11H2,1-2H3,(H,23,25)(H,24,26). The lowest BCUT2D eigenvalue weighted by Gasteiger charge is -2.06. The number of carbonyl (C=O) groups is 2. The molecular weight excluding hydrogens is 390 g/mol. The number of nitrogens with one attached hydrogen (secondary N) is 2. The monoisotopic (exact) mass is 409 g/mol. The molecule has 0 radical (unpaired) electrons. The van der Waals surface area contributed by atoms with Crippen LogP contribution >= 0.6 is 11.8 Å². The summed E-state index contributed by atoms with van der Waals surface area (Å²) in [7, 11) is 0. The number of oxazole rings is 1. The summed E-state index contributed by atoms with van der Waals surface area (Å²) in [5.41, 5.74) is 9.99. The normalized spacial score (nSPS) is 11.1. The number of amides is 2. The van der Waals surface area contributed by atoms with E-state index in [1.165, 1.54) is 0 Å². The van der Waals surface area contributed by atoms with Gasteiger partial charge in [0.1, 0.15) is 11.1 Å². The Morgan fingerprint density at radius 3 is 2.69 bits per heavy atom. The van der Waals surface area contributed by atoms with E-state index in [1.807, 2.05) is 50.2 Å². The van der Waals surface area contributed by atoms with E-state index in [0.717, 1.165) is 44.9 Å². The Morgan fingerprint density at radius 1 is 1.07 bits per heavy atom. The number of nitrogens with zero attached hydrogens (tertiary/aromatic N) is 1. The van der Waals surface area contributed by atoms with Crippen molar-refractivity contribution in [2.24, 2.45) is 0 Å². The highest BCUT2D eigenvalue weighted by molar-refractivity contribution is 7.99. The van der Waals surface area contributed by atoms with Gasteiger partial charge in [-0.2, -0.15) is 0 Å². The Bertz CT molecular complexity index is 1180. The van der Waals surface area contributed by atoms with Crippen LogP contribution < -0.4 is 10.9 Å². The lowest BCUT2D eigenvalue weighted by Crippen LogP contribution is -2.43. The number of benzene rings is 2. The van der Waals surface area contributed by atoms with Crippen LogP contribution in [-0.4, -0.2) is 22.6 Å². The number of hydrogen-bond acceptors (Lipinski definition) is 6. The molecule has 8 heteroatoms. The van der Waals surface area contributed by atoms with Gasteiger partial charge in [0.25, 0.3) is 5.22 Å². The van der Waals surface area contributed by atoms with Gasteiger partial charge in [0, 0.05) is 10.9 Å². The molecule has 0 bridgehead atoms. The fourth-order valence-electron chi connectivity index (χ4n) is 2.96. The lowest BCUT2D eigenvalue weighted by atomic mass is 10.0. The van der Waals surface area contributed by atoms with Gasteiger partial charge in [-0.05, 0) is 37.1 Å². The van der Waals surface area contributed by atoms with Gasteiger partial charge in [-0.15, -0.1) is 0 Å². The van der Waals surface area contributed by atoms with Crippen LogP contribution in [0.25, 0.3) is 22.1 Å². The largest absolute Gasteiger partial charge is 0.464 e. The summed E-state index contributed by atoms with van der Waals surface area (Å²) in [5.74, 6) is -0.611. The molecule has 0 atom stereocenters. The first-order valence-corrected chi connectivity index (χ1v) is 10.0. The molecule has 0 unspecified atom stereocenters. The fourth-order valence-corrected chi connectivity index (χ4v) is 3.60. The summed E-state index contributed by atoms with van der Waals surface area (Å²) in [5, 5.41) is 1.31. The second-order valence-corrected chi connectivity index (χ2v) is 7.58. The SMILES string of the molecule is Cc1ccc2c(CC(=O)NNC(=O)CSc3nc4ccccc4o3)coc2c1C. The number of rotatable bonds is 5. The molecular formula is C21H19N3O4S. The van der Waals surface area contributed by atoms with Crippen LogP contribution in [0.3, 0.4) is 0 Å². The molecule has 2 heterocycles. The van der Waals surface area contributed by atoms with Crippen LogP contribution in [0.15, 0.2) is 56.7 Å². The predicted octanol–water partition coefficient (Wildman–Crippen LogP) is 3.67. The summed E-state index contributed by atoms with van der Waals surface area (Å²) in [4.78, 5) is 28.5. The Morgan fingerprint density at radius 2 is 1.86 bits per heavy atom. The molecule has 2 aromatic heterocycles. The van der Waals surface area contributed by atoms with Gasteiger partial charge in [-0.3, -0.25) is 20.4 Å². The van der Waals surface area contributed by atoms with Gasteiger partial charge in [0.05, 0.1) is 18.4 Å². The van der Waals surface area contributed by atoms with Crippen LogP contribution in [0, 0.1) is 13.8 Å². The van der Waals surface area contributed by atoms with E-state index < -0.39 is 0 Å². The minimum atomic E-state index is -0.353. The number of thioether (sulfide) groups is 1. The average molecular weight is 409 g/mol. The molecule has 4 rings (SSSR count). The second kappa shape index (κ2) is 8.00. The third-order valence-electron chi connectivity index (χ3n) is 4.64. The quantitative estimate of drug-likeness (QED) is 0.386. The number of hydrogen-bond donors (Lipinski definition) is 2. The minimum absolute atomic E-state index is 0.0697. The zero-order valence-electron chi connectivity index (χ0n) is 15.9. The first-order chi connectivity index (χ1) is 14.0. The molecule has 0 spiro atoms. The van der Waals surface area contributed by atoms with E-state index >= 15 is 0 Å². The molecule has 0 saturated heterocycles. The minimum Gasteiger partial charge on any atom is -0.464 e. The van der Waals surface area contributed by atoms with Gasteiger partial charge in [-0.1, -0.05) is 36.0 Å². The van der Waals surface area contributed by atoms with Gasteiger partial charge in [-0.25, -0.2) is 4.98 Å². The van der Waals surface area contributed by atoms with Gasteiger partial charge < -0.3 is 8.83 Å². The average Bonchev–Trinajstić information content (AvgIpc) is 3.31. The zero-order valence-corrected chi connectivity index (χ0v) is 16.8. The fraction of sp³-hybridized carbons (Fsp3) is 0.190. The molecule has 4 aromatic rings. The Hall–Kier alpha value is -3.26. The first-order valence-electron chi connectivity index (χ1n) is 9.03. The van der Waals surface area contributed by atoms with Gasteiger partial charge in [0.15, 0.2) is 5.58 Å². The molecule has 0 aliphatic rings. The Kier molecular flexibility index (Phi) is 5.26. The molecule has 2 N–H and O–H groups in total. The smallest absolute Gasteiger partial charge is 0.257 e. The zero-order chi connectivity index (χ0) is 20.4. The van der Waals surface area contributed by atoms with Crippen LogP contribution in [0.5, 0.6) is 0 Å². The van der Waals surface area contributed by atoms with Crippen molar-refractivity contribution < 1.29 is 18.4 Å². The van der Waals surface area contributed by atoms with Gasteiger partial charge in [0.2, 0.25) is 11.8 Å². The maximum absolute atomic E-state index is 12.2. The van der Waals surface area contributed by atoms with E-state index in [-0.39, 0.29) is 24.0 Å². The van der Waals surface area contributed by atoms with Crippen molar-refractivity contribution in [2.75, 3.05) is 5.75 Å². The third kappa shape index (κ3) is 4.12. The second-order valence-electron chi connectivity index (χ2n) is 6.65. The molecule has 0 aliphatic heterocycles. The highest BCUT2D eigenvalue weighted by atomic mass is 32.2. The van der Waals surface area contributed by atoms with Crippen molar-refractivity contribution in [3.8, 4) is 0 Å². The molecule has 0 aliphatic carbocycles. The number of aryl methyl sites for hydroxylation is 2. The van der Waals surface area contributed by atoms with Crippen LogP contribution in [0.4, 0.5) is 0 Å². The summed E-state index contributed by atoms with van der Waals surface area (Å²) < 4.78 is 11.2. The van der Waals surface area contributed by atoms with E-state index in [9.17, 15) is 9.59 Å². The summed E-state index contributed by atoms with van der Waals surface area (Å²) in [6.07, 6.45) is 1.69. The molecule has 0 saturated carbocycles. The number of furan rings is 1. The Labute approximate surface area is 170 Å². The molecule has 2 amide bonds. The Balaban J connectivity index is 1.29. The lowest BCUT2D eigenvalue weighted by molar-refractivity contribution is -0.127. The topological polar surface area (TPSA) is 97.4 Å². The number of hydrazine groups is 1. The summed E-state index contributed by atoms with van der Waals surface area (Å²) >= 11 is 1.16. The van der Waals surface area contributed by atoms with Crippen molar-refractivity contribution in [1.82, 2.24) is 15.8 Å². The van der Waals surface area contributed by atoms with Crippen LogP contribution in [0.1, 0.15) is 16.7 Å². The van der Waals surface area contributed by atoms with Crippen LogP contribution in [0.2, 0.25) is 0 Å². The molecule has 0 fully saturated rings. The van der Waals surface area contributed by atoms with Crippen molar-refractivity contribution >= 4 is 45.6 Å². The van der Waals surface area contributed by atoms with E-state index in [4.69, 9.17) is 8.83 Å². The van der Waals surface area contributed by atoms with E-state index in [0.29, 0.717) is 10.8 Å². The van der Waals surface area contributed by atoms with Gasteiger partial charge >= 0.3 is 0 Å². The molecule has 29 heavy (non-hydrogen) atoms.